The molecule has 1 fully saturated rings. The molecule has 0 atom stereocenters. The second-order valence-corrected chi connectivity index (χ2v) is 4.41. The van der Waals surface area contributed by atoms with Crippen molar-refractivity contribution in [2.75, 3.05) is 7.11 Å². The van der Waals surface area contributed by atoms with E-state index in [0.29, 0.717) is 0 Å². The molecule has 88 valence electrons. The number of nitriles is 1. The first-order chi connectivity index (χ1) is 8.01. The van der Waals surface area contributed by atoms with Gasteiger partial charge in [-0.25, -0.2) is 4.79 Å². The zero-order valence-electron chi connectivity index (χ0n) is 9.69. The van der Waals surface area contributed by atoms with E-state index < -0.39 is 5.97 Å². The zero-order valence-corrected chi connectivity index (χ0v) is 9.69. The van der Waals surface area contributed by atoms with Gasteiger partial charge >= 0.3 is 5.97 Å². The number of aromatic nitrogens is 1. The molecule has 0 spiro atoms. The number of nitrogens with zero attached hydrogens (tertiary/aromatic N) is 2. The van der Waals surface area contributed by atoms with Crippen LogP contribution in [-0.2, 0) is 10.3 Å². The zero-order chi connectivity index (χ0) is 12.6. The first kappa shape index (κ1) is 11.4. The minimum absolute atomic E-state index is 0.0577. The normalized spacial score (nSPS) is 16.1. The molecule has 5 heteroatoms. The van der Waals surface area contributed by atoms with Gasteiger partial charge in [-0.2, -0.15) is 5.26 Å². The Labute approximate surface area is 98.2 Å². The molecule has 5 nitrogen and oxygen atoms in total. The molecule has 2 rings (SSSR count). The van der Waals surface area contributed by atoms with Crippen molar-refractivity contribution in [3.8, 4) is 6.07 Å². The maximum Gasteiger partial charge on any atom is 0.340 e. The van der Waals surface area contributed by atoms with Gasteiger partial charge in [0.25, 0.3) is 5.56 Å². The van der Waals surface area contributed by atoms with Crippen LogP contribution < -0.4 is 5.56 Å². The SMILES string of the molecule is COC(=O)c1cn(C2(C)CC2)c(=O)cc1C#N. The summed E-state index contributed by atoms with van der Waals surface area (Å²) < 4.78 is 6.12. The van der Waals surface area contributed by atoms with Gasteiger partial charge in [-0.05, 0) is 19.8 Å². The van der Waals surface area contributed by atoms with Gasteiger partial charge in [-0.15, -0.1) is 0 Å². The number of ether oxygens (including phenoxy) is 1. The van der Waals surface area contributed by atoms with Crippen LogP contribution in [0.2, 0.25) is 0 Å². The van der Waals surface area contributed by atoms with Crippen molar-refractivity contribution in [3.63, 3.8) is 0 Å². The van der Waals surface area contributed by atoms with Gasteiger partial charge in [-0.3, -0.25) is 4.79 Å². The first-order valence-electron chi connectivity index (χ1n) is 5.27. The van der Waals surface area contributed by atoms with E-state index in [4.69, 9.17) is 5.26 Å². The fourth-order valence-corrected chi connectivity index (χ4v) is 1.74. The quantitative estimate of drug-likeness (QED) is 0.713. The number of methoxy groups -OCH3 is 1. The lowest BCUT2D eigenvalue weighted by atomic mass is 10.1. The summed E-state index contributed by atoms with van der Waals surface area (Å²) in [6, 6.07) is 3.03. The predicted molar refractivity (Wildman–Crippen MR) is 59.6 cm³/mol. The highest BCUT2D eigenvalue weighted by Crippen LogP contribution is 2.41. The number of esters is 1. The molecule has 1 heterocycles. The summed E-state index contributed by atoms with van der Waals surface area (Å²) in [6.45, 7) is 1.95. The molecule has 0 aromatic carbocycles. The van der Waals surface area contributed by atoms with Crippen LogP contribution in [0.5, 0.6) is 0 Å². The Morgan fingerprint density at radius 2 is 2.24 bits per heavy atom. The van der Waals surface area contributed by atoms with E-state index in [0.717, 1.165) is 12.8 Å². The summed E-state index contributed by atoms with van der Waals surface area (Å²) in [7, 11) is 1.25. The lowest BCUT2D eigenvalue weighted by Crippen LogP contribution is -2.29. The second kappa shape index (κ2) is 3.74. The summed E-state index contributed by atoms with van der Waals surface area (Å²) in [4.78, 5) is 23.3. The number of hydrogen-bond donors (Lipinski definition) is 0. The van der Waals surface area contributed by atoms with Gasteiger partial charge in [-0.1, -0.05) is 0 Å². The highest BCUT2D eigenvalue weighted by molar-refractivity contribution is 5.91. The van der Waals surface area contributed by atoms with E-state index >= 15 is 0 Å². The van der Waals surface area contributed by atoms with Crippen molar-refractivity contribution in [3.05, 3.63) is 33.7 Å². The molecule has 0 unspecified atom stereocenters. The average molecular weight is 232 g/mol. The molecule has 1 aromatic heterocycles. The Kier molecular flexibility index (Phi) is 2.50. The maximum absolute atomic E-state index is 11.8. The smallest absolute Gasteiger partial charge is 0.340 e. The molecule has 17 heavy (non-hydrogen) atoms. The fourth-order valence-electron chi connectivity index (χ4n) is 1.74. The van der Waals surface area contributed by atoms with Crippen molar-refractivity contribution in [2.24, 2.45) is 0 Å². The molecular formula is C12H12N2O3. The minimum Gasteiger partial charge on any atom is -0.465 e. The van der Waals surface area contributed by atoms with Crippen molar-refractivity contribution >= 4 is 5.97 Å². The van der Waals surface area contributed by atoms with E-state index in [9.17, 15) is 9.59 Å². The van der Waals surface area contributed by atoms with Crippen molar-refractivity contribution in [1.29, 1.82) is 5.26 Å². The predicted octanol–water partition coefficient (Wildman–Crippen LogP) is 1.02. The molecular weight excluding hydrogens is 220 g/mol. The second-order valence-electron chi connectivity index (χ2n) is 4.41. The summed E-state index contributed by atoms with van der Waals surface area (Å²) in [5.41, 5.74) is -0.271. The average Bonchev–Trinajstić information content (AvgIpc) is 3.06. The highest BCUT2D eigenvalue weighted by atomic mass is 16.5. The molecule has 0 aliphatic heterocycles. The third-order valence-electron chi connectivity index (χ3n) is 3.13. The molecule has 0 saturated heterocycles. The number of hydrogen-bond acceptors (Lipinski definition) is 4. The summed E-state index contributed by atoms with van der Waals surface area (Å²) in [6.07, 6.45) is 3.23. The Morgan fingerprint density at radius 1 is 1.59 bits per heavy atom. The van der Waals surface area contributed by atoms with E-state index in [1.807, 2.05) is 13.0 Å². The van der Waals surface area contributed by atoms with Gasteiger partial charge in [0.15, 0.2) is 0 Å². The van der Waals surface area contributed by atoms with E-state index in [1.165, 1.54) is 23.9 Å². The Hall–Kier alpha value is -2.09. The first-order valence-corrected chi connectivity index (χ1v) is 5.27. The van der Waals surface area contributed by atoms with Crippen molar-refractivity contribution in [1.82, 2.24) is 4.57 Å². The summed E-state index contributed by atoms with van der Waals surface area (Å²) in [5.74, 6) is -0.598. The molecule has 1 aliphatic rings. The van der Waals surface area contributed by atoms with Crippen LogP contribution in [0.3, 0.4) is 0 Å². The fraction of sp³-hybridized carbons (Fsp3) is 0.417. The van der Waals surface area contributed by atoms with Crippen LogP contribution in [0.15, 0.2) is 17.1 Å². The standard InChI is InChI=1S/C12H12N2O3/c1-12(3-4-12)14-7-9(11(16)17-2)8(6-13)5-10(14)15/h5,7H,3-4H2,1-2H3. The van der Waals surface area contributed by atoms with Gasteiger partial charge in [0, 0.05) is 17.8 Å². The molecule has 0 N–H and O–H groups in total. The molecule has 0 bridgehead atoms. The van der Waals surface area contributed by atoms with Crippen LogP contribution >= 0.6 is 0 Å². The van der Waals surface area contributed by atoms with Crippen LogP contribution in [0, 0.1) is 11.3 Å². The molecule has 0 radical (unpaired) electrons. The van der Waals surface area contributed by atoms with Gasteiger partial charge in [0.1, 0.15) is 6.07 Å². The Balaban J connectivity index is 2.62. The van der Waals surface area contributed by atoms with Crippen LogP contribution in [-0.4, -0.2) is 17.6 Å². The van der Waals surface area contributed by atoms with E-state index in [-0.39, 0.29) is 22.2 Å². The number of carbonyl (C=O) groups is 1. The van der Waals surface area contributed by atoms with Crippen LogP contribution in [0.4, 0.5) is 0 Å². The van der Waals surface area contributed by atoms with Crippen LogP contribution in [0.1, 0.15) is 35.7 Å². The van der Waals surface area contributed by atoms with Crippen LogP contribution in [0.25, 0.3) is 0 Å². The number of rotatable bonds is 2. The largest absolute Gasteiger partial charge is 0.465 e. The molecule has 1 saturated carbocycles. The Bertz CT molecular complexity index is 576. The lowest BCUT2D eigenvalue weighted by molar-refractivity contribution is 0.0599. The molecule has 1 aromatic rings. The summed E-state index contributed by atoms with van der Waals surface area (Å²) >= 11 is 0. The van der Waals surface area contributed by atoms with Gasteiger partial charge in [0.05, 0.1) is 18.2 Å². The topological polar surface area (TPSA) is 72.1 Å². The highest BCUT2D eigenvalue weighted by Gasteiger charge is 2.40. The number of carbonyl (C=O) groups excluding carboxylic acids is 1. The van der Waals surface area contributed by atoms with Crippen molar-refractivity contribution < 1.29 is 9.53 Å². The summed E-state index contributed by atoms with van der Waals surface area (Å²) in [5, 5.41) is 8.89. The maximum atomic E-state index is 11.8. The monoisotopic (exact) mass is 232 g/mol. The molecule has 1 aliphatic carbocycles. The lowest BCUT2D eigenvalue weighted by Gasteiger charge is -2.14. The number of pyridine rings is 1. The Morgan fingerprint density at radius 3 is 2.71 bits per heavy atom. The van der Waals surface area contributed by atoms with E-state index in [2.05, 4.69) is 4.74 Å². The van der Waals surface area contributed by atoms with Crippen molar-refractivity contribution in [2.45, 2.75) is 25.3 Å². The van der Waals surface area contributed by atoms with Gasteiger partial charge in [0.2, 0.25) is 0 Å². The third kappa shape index (κ3) is 1.82. The minimum atomic E-state index is -0.598. The third-order valence-corrected chi connectivity index (χ3v) is 3.13. The van der Waals surface area contributed by atoms with Gasteiger partial charge < -0.3 is 9.30 Å². The van der Waals surface area contributed by atoms with E-state index in [1.54, 1.807) is 0 Å². The molecule has 0 amide bonds.